The third-order valence-electron chi connectivity index (χ3n) is 5.36. The number of nitrogens with two attached hydrogens (primary N) is 1. The van der Waals surface area contributed by atoms with Crippen LogP contribution in [0.5, 0.6) is 17.2 Å². The summed E-state index contributed by atoms with van der Waals surface area (Å²) in [7, 11) is -2.24. The van der Waals surface area contributed by atoms with Gasteiger partial charge in [0.2, 0.25) is 10.0 Å². The van der Waals surface area contributed by atoms with E-state index in [1.165, 1.54) is 6.07 Å². The fourth-order valence-electron chi connectivity index (χ4n) is 4.00. The summed E-state index contributed by atoms with van der Waals surface area (Å²) in [6.45, 7) is -1.25. The van der Waals surface area contributed by atoms with Crippen LogP contribution < -0.4 is 19.3 Å². The number of ether oxygens (including phenoxy) is 3. The molecule has 2 N–H and O–H groups in total. The van der Waals surface area contributed by atoms with E-state index in [0.29, 0.717) is 39.3 Å². The van der Waals surface area contributed by atoms with Crippen LogP contribution in [0.2, 0.25) is 0 Å². The Hall–Kier alpha value is -3.17. The third kappa shape index (κ3) is 4.26. The monoisotopic (exact) mass is 461 g/mol. The van der Waals surface area contributed by atoms with Crippen molar-refractivity contribution >= 4 is 10.0 Å². The molecule has 3 aromatic rings. The first-order chi connectivity index (χ1) is 15.2. The van der Waals surface area contributed by atoms with Gasteiger partial charge in [-0.1, -0.05) is 30.3 Å². The number of methoxy groups -OCH3 is 1. The van der Waals surface area contributed by atoms with E-state index in [1.807, 2.05) is 18.2 Å². The number of halogens is 2. The summed E-state index contributed by atoms with van der Waals surface area (Å²) in [4.78, 5) is 0. The summed E-state index contributed by atoms with van der Waals surface area (Å²) in [6.07, 6.45) is -0.630. The molecule has 1 aliphatic heterocycles. The Balaban J connectivity index is 1.97. The molecule has 1 atom stereocenters. The molecule has 32 heavy (non-hydrogen) atoms. The number of hydrogen-bond acceptors (Lipinski definition) is 5. The van der Waals surface area contributed by atoms with Gasteiger partial charge in [-0.05, 0) is 47.9 Å². The highest BCUT2D eigenvalue weighted by Crippen LogP contribution is 2.50. The molecule has 0 saturated heterocycles. The minimum absolute atomic E-state index is 0.0264. The molecule has 3 aromatic carbocycles. The molecule has 4 rings (SSSR count). The molecular formula is C23H21F2NO5S. The topological polar surface area (TPSA) is 87.8 Å². The van der Waals surface area contributed by atoms with Crippen LogP contribution in [-0.2, 0) is 15.8 Å². The zero-order valence-electron chi connectivity index (χ0n) is 17.3. The number of hydrogen-bond donors (Lipinski definition) is 1. The molecule has 168 valence electrons. The van der Waals surface area contributed by atoms with E-state index in [-0.39, 0.29) is 11.5 Å². The molecule has 0 aliphatic carbocycles. The maximum absolute atomic E-state index is 13.1. The Morgan fingerprint density at radius 3 is 2.56 bits per heavy atom. The predicted octanol–water partition coefficient (Wildman–Crippen LogP) is 4.54. The number of primary sulfonamides is 1. The normalized spacial score (nSPS) is 15.0. The number of rotatable bonds is 6. The van der Waals surface area contributed by atoms with Crippen molar-refractivity contribution in [3.63, 3.8) is 0 Å². The maximum Gasteiger partial charge on any atom is 0.387 e. The Bertz CT molecular complexity index is 1280. The van der Waals surface area contributed by atoms with Gasteiger partial charge in [0.15, 0.2) is 0 Å². The van der Waals surface area contributed by atoms with Gasteiger partial charge in [-0.3, -0.25) is 0 Å². The summed E-state index contributed by atoms with van der Waals surface area (Å²) in [6, 6.07) is 15.3. The zero-order chi connectivity index (χ0) is 23.0. The van der Waals surface area contributed by atoms with Crippen molar-refractivity contribution in [2.24, 2.45) is 5.14 Å². The standard InChI is InChI=1S/C23H21F2NO5S/c1-13-15(12-32(26,27)28)9-10-17-20(13)22(14-5-3-6-16(11-14)29-2)30-18-7-4-8-19(21(17)18)31-23(24)25/h3-11,22-23H,12H2,1-2H3,(H2,26,27,28). The van der Waals surface area contributed by atoms with Crippen LogP contribution >= 0.6 is 0 Å². The van der Waals surface area contributed by atoms with Crippen molar-refractivity contribution in [3.8, 4) is 28.4 Å². The SMILES string of the molecule is COc1cccc(C2Oc3cccc(OC(F)F)c3-c3ccc(CS(N)(=O)=O)c(C)c32)c1. The lowest BCUT2D eigenvalue weighted by molar-refractivity contribution is -0.0496. The van der Waals surface area contributed by atoms with E-state index in [9.17, 15) is 17.2 Å². The summed E-state index contributed by atoms with van der Waals surface area (Å²) in [5.41, 5.74) is 3.54. The lowest BCUT2D eigenvalue weighted by Crippen LogP contribution is -2.20. The van der Waals surface area contributed by atoms with Crippen molar-refractivity contribution in [3.05, 3.63) is 76.9 Å². The first-order valence-corrected chi connectivity index (χ1v) is 11.4. The fourth-order valence-corrected chi connectivity index (χ4v) is 4.74. The van der Waals surface area contributed by atoms with Crippen LogP contribution in [0.25, 0.3) is 11.1 Å². The summed E-state index contributed by atoms with van der Waals surface area (Å²) in [5.74, 6) is 0.606. The number of alkyl halides is 2. The van der Waals surface area contributed by atoms with Crippen LogP contribution in [0.4, 0.5) is 8.78 Å². The van der Waals surface area contributed by atoms with Crippen LogP contribution in [0.15, 0.2) is 54.6 Å². The quantitative estimate of drug-likeness (QED) is 0.582. The van der Waals surface area contributed by atoms with Gasteiger partial charge in [-0.15, -0.1) is 0 Å². The average molecular weight is 461 g/mol. The lowest BCUT2D eigenvalue weighted by atomic mass is 9.84. The molecule has 1 aliphatic rings. The van der Waals surface area contributed by atoms with E-state index in [2.05, 4.69) is 0 Å². The second-order valence-corrected chi connectivity index (χ2v) is 9.01. The molecule has 1 unspecified atom stereocenters. The smallest absolute Gasteiger partial charge is 0.387 e. The minimum atomic E-state index is -3.79. The Labute approximate surface area is 184 Å². The van der Waals surface area contributed by atoms with Gasteiger partial charge in [0.1, 0.15) is 23.4 Å². The third-order valence-corrected chi connectivity index (χ3v) is 6.07. The van der Waals surface area contributed by atoms with Gasteiger partial charge in [-0.25, -0.2) is 13.6 Å². The largest absolute Gasteiger partial charge is 0.497 e. The Morgan fingerprint density at radius 2 is 1.88 bits per heavy atom. The Kier molecular flexibility index (Phi) is 5.79. The van der Waals surface area contributed by atoms with Crippen LogP contribution in [-0.4, -0.2) is 22.1 Å². The van der Waals surface area contributed by atoms with Crippen LogP contribution in [0.1, 0.15) is 28.4 Å². The minimum Gasteiger partial charge on any atom is -0.497 e. The maximum atomic E-state index is 13.1. The average Bonchev–Trinajstić information content (AvgIpc) is 2.74. The van der Waals surface area contributed by atoms with Gasteiger partial charge >= 0.3 is 6.61 Å². The van der Waals surface area contributed by atoms with Gasteiger partial charge in [-0.2, -0.15) is 8.78 Å². The highest BCUT2D eigenvalue weighted by molar-refractivity contribution is 7.88. The second kappa shape index (κ2) is 8.40. The van der Waals surface area contributed by atoms with Gasteiger partial charge in [0.05, 0.1) is 18.4 Å². The van der Waals surface area contributed by atoms with E-state index in [0.717, 1.165) is 5.56 Å². The highest BCUT2D eigenvalue weighted by Gasteiger charge is 2.33. The summed E-state index contributed by atoms with van der Waals surface area (Å²) >= 11 is 0. The molecule has 1 heterocycles. The summed E-state index contributed by atoms with van der Waals surface area (Å²) < 4.78 is 66.0. The molecule has 0 aromatic heterocycles. The van der Waals surface area contributed by atoms with Crippen molar-refractivity contribution < 1.29 is 31.4 Å². The second-order valence-electron chi connectivity index (χ2n) is 7.40. The number of sulfonamides is 1. The Morgan fingerprint density at radius 1 is 1.12 bits per heavy atom. The number of benzene rings is 3. The van der Waals surface area contributed by atoms with Crippen molar-refractivity contribution in [2.75, 3.05) is 7.11 Å². The van der Waals surface area contributed by atoms with Crippen molar-refractivity contribution in [1.82, 2.24) is 0 Å². The lowest BCUT2D eigenvalue weighted by Gasteiger charge is -2.32. The highest BCUT2D eigenvalue weighted by atomic mass is 32.2. The number of fused-ring (bicyclic) bond motifs is 3. The summed E-state index contributed by atoms with van der Waals surface area (Å²) in [5, 5.41) is 5.27. The zero-order valence-corrected chi connectivity index (χ0v) is 18.2. The molecule has 0 bridgehead atoms. The first kappa shape index (κ1) is 22.0. The van der Waals surface area contributed by atoms with E-state index < -0.39 is 22.7 Å². The van der Waals surface area contributed by atoms with Crippen molar-refractivity contribution in [2.45, 2.75) is 25.4 Å². The van der Waals surface area contributed by atoms with Crippen LogP contribution in [0, 0.1) is 6.92 Å². The molecule has 9 heteroatoms. The van der Waals surface area contributed by atoms with E-state index in [4.69, 9.17) is 19.3 Å². The molecule has 0 amide bonds. The molecule has 0 spiro atoms. The van der Waals surface area contributed by atoms with Crippen LogP contribution in [0.3, 0.4) is 0 Å². The molecular weight excluding hydrogens is 440 g/mol. The molecule has 0 radical (unpaired) electrons. The molecule has 0 fully saturated rings. The van der Waals surface area contributed by atoms with E-state index >= 15 is 0 Å². The first-order valence-electron chi connectivity index (χ1n) is 9.69. The van der Waals surface area contributed by atoms with Gasteiger partial charge in [0.25, 0.3) is 0 Å². The van der Waals surface area contributed by atoms with E-state index in [1.54, 1.807) is 44.4 Å². The molecule has 6 nitrogen and oxygen atoms in total. The fraction of sp³-hybridized carbons (Fsp3) is 0.217. The van der Waals surface area contributed by atoms with Crippen molar-refractivity contribution in [1.29, 1.82) is 0 Å². The van der Waals surface area contributed by atoms with Gasteiger partial charge < -0.3 is 14.2 Å². The van der Waals surface area contributed by atoms with Gasteiger partial charge in [0, 0.05) is 11.1 Å². The molecule has 0 saturated carbocycles. The predicted molar refractivity (Wildman–Crippen MR) is 116 cm³/mol.